The fourth-order valence-corrected chi connectivity index (χ4v) is 2.85. The monoisotopic (exact) mass is 438 g/mol. The number of benzene rings is 1. The van der Waals surface area contributed by atoms with Crippen LogP contribution < -0.4 is 21.9 Å². The van der Waals surface area contributed by atoms with E-state index in [0.29, 0.717) is 12.2 Å². The normalized spacial score (nSPS) is 11.2. The summed E-state index contributed by atoms with van der Waals surface area (Å²) in [4.78, 5) is 49.1. The van der Waals surface area contributed by atoms with Gasteiger partial charge in [0.1, 0.15) is 12.2 Å². The fourth-order valence-electron chi connectivity index (χ4n) is 2.85. The summed E-state index contributed by atoms with van der Waals surface area (Å²) in [7, 11) is 0. The number of aromatic amines is 2. The van der Waals surface area contributed by atoms with Gasteiger partial charge in [-0.3, -0.25) is 29.0 Å². The van der Waals surface area contributed by atoms with E-state index in [-0.39, 0.29) is 30.3 Å². The van der Waals surface area contributed by atoms with E-state index in [4.69, 9.17) is 0 Å². The second-order valence-electron chi connectivity index (χ2n) is 8.43. The summed E-state index contributed by atoms with van der Waals surface area (Å²) < 4.78 is 1.12. The average Bonchev–Trinajstić information content (AvgIpc) is 3.24. The van der Waals surface area contributed by atoms with Gasteiger partial charge in [-0.1, -0.05) is 45.0 Å². The van der Waals surface area contributed by atoms with Crippen molar-refractivity contribution in [3.63, 3.8) is 0 Å². The molecule has 0 saturated heterocycles. The minimum Gasteiger partial charge on any atom is -0.350 e. The first-order valence-electron chi connectivity index (χ1n) is 10.1. The molecule has 3 rings (SSSR count). The molecule has 0 aliphatic heterocycles. The average molecular weight is 438 g/mol. The molecule has 0 spiro atoms. The Hall–Kier alpha value is -3.95. The third-order valence-corrected chi connectivity index (χ3v) is 4.80. The number of carbonyl (C=O) groups is 2. The SMILES string of the molecule is CC(C)(C)c1cc(C(=O)NCc2ccc(CNC(=O)Cn3ccc(=O)[nH]c3=O)cc2)n[nH]1. The van der Waals surface area contributed by atoms with Gasteiger partial charge in [-0.05, 0) is 17.2 Å². The molecule has 168 valence electrons. The Labute approximate surface area is 184 Å². The molecule has 0 radical (unpaired) electrons. The third kappa shape index (κ3) is 6.03. The molecule has 32 heavy (non-hydrogen) atoms. The molecular weight excluding hydrogens is 412 g/mol. The number of nitrogens with zero attached hydrogens (tertiary/aromatic N) is 2. The van der Waals surface area contributed by atoms with Crippen LogP contribution in [0, 0.1) is 0 Å². The Kier molecular flexibility index (Phi) is 6.72. The standard InChI is InChI=1S/C22H26N6O4/c1-22(2,3)17-10-16(26-27-17)20(31)24-12-15-6-4-14(5-7-15)11-23-19(30)13-28-9-8-18(29)25-21(28)32/h4-10H,11-13H2,1-3H3,(H,23,30)(H,24,31)(H,26,27)(H,25,29,32). The molecule has 0 atom stereocenters. The number of amides is 2. The molecule has 0 saturated carbocycles. The number of carbonyl (C=O) groups excluding carboxylic acids is 2. The first kappa shape index (κ1) is 22.7. The largest absolute Gasteiger partial charge is 0.350 e. The van der Waals surface area contributed by atoms with E-state index in [2.05, 4.69) is 25.8 Å². The summed E-state index contributed by atoms with van der Waals surface area (Å²) in [5.41, 5.74) is 1.73. The van der Waals surface area contributed by atoms with Gasteiger partial charge < -0.3 is 10.6 Å². The van der Waals surface area contributed by atoms with Gasteiger partial charge in [-0.2, -0.15) is 5.10 Å². The Balaban J connectivity index is 1.48. The zero-order valence-corrected chi connectivity index (χ0v) is 18.2. The highest BCUT2D eigenvalue weighted by Crippen LogP contribution is 2.20. The smallest absolute Gasteiger partial charge is 0.328 e. The number of hydrogen-bond acceptors (Lipinski definition) is 5. The lowest BCUT2D eigenvalue weighted by Gasteiger charge is -2.14. The highest BCUT2D eigenvalue weighted by atomic mass is 16.2. The van der Waals surface area contributed by atoms with E-state index in [1.165, 1.54) is 12.3 Å². The highest BCUT2D eigenvalue weighted by molar-refractivity contribution is 5.92. The Morgan fingerprint density at radius 1 is 1.00 bits per heavy atom. The molecule has 0 aliphatic rings. The molecule has 1 aromatic carbocycles. The lowest BCUT2D eigenvalue weighted by Crippen LogP contribution is -2.35. The third-order valence-electron chi connectivity index (χ3n) is 4.80. The van der Waals surface area contributed by atoms with Crippen LogP contribution in [0.4, 0.5) is 0 Å². The molecule has 0 fully saturated rings. The van der Waals surface area contributed by atoms with E-state index < -0.39 is 11.2 Å². The molecule has 2 amide bonds. The van der Waals surface area contributed by atoms with Gasteiger partial charge in [-0.25, -0.2) is 4.79 Å². The van der Waals surface area contributed by atoms with Crippen LogP contribution in [0.2, 0.25) is 0 Å². The van der Waals surface area contributed by atoms with Gasteiger partial charge in [0.05, 0.1) is 0 Å². The topological polar surface area (TPSA) is 142 Å². The van der Waals surface area contributed by atoms with Crippen molar-refractivity contribution in [1.82, 2.24) is 30.4 Å². The van der Waals surface area contributed by atoms with Crippen molar-refractivity contribution in [2.75, 3.05) is 0 Å². The molecule has 2 aromatic heterocycles. The number of aromatic nitrogens is 4. The lowest BCUT2D eigenvalue weighted by atomic mass is 9.92. The number of H-pyrrole nitrogens is 2. The van der Waals surface area contributed by atoms with Gasteiger partial charge in [0, 0.05) is 36.5 Å². The predicted molar refractivity (Wildman–Crippen MR) is 118 cm³/mol. The lowest BCUT2D eigenvalue weighted by molar-refractivity contribution is -0.121. The van der Waals surface area contributed by atoms with Gasteiger partial charge in [-0.15, -0.1) is 0 Å². The van der Waals surface area contributed by atoms with Gasteiger partial charge in [0.15, 0.2) is 0 Å². The summed E-state index contributed by atoms with van der Waals surface area (Å²) in [6, 6.07) is 10.4. The minimum absolute atomic E-state index is 0.118. The summed E-state index contributed by atoms with van der Waals surface area (Å²) >= 11 is 0. The van der Waals surface area contributed by atoms with Gasteiger partial charge >= 0.3 is 5.69 Å². The zero-order valence-electron chi connectivity index (χ0n) is 18.2. The first-order valence-corrected chi connectivity index (χ1v) is 10.1. The molecular formula is C22H26N6O4. The van der Waals surface area contributed by atoms with Crippen molar-refractivity contribution in [2.45, 2.75) is 45.8 Å². The molecule has 10 heteroatoms. The first-order chi connectivity index (χ1) is 15.1. The summed E-state index contributed by atoms with van der Waals surface area (Å²) in [5.74, 6) is -0.616. The summed E-state index contributed by atoms with van der Waals surface area (Å²) in [6.45, 7) is 6.55. The Morgan fingerprint density at radius 3 is 2.19 bits per heavy atom. The number of nitrogens with one attached hydrogen (secondary N) is 4. The van der Waals surface area contributed by atoms with E-state index in [1.807, 2.05) is 45.0 Å². The van der Waals surface area contributed by atoms with Crippen molar-refractivity contribution >= 4 is 11.8 Å². The molecule has 3 aromatic rings. The van der Waals surface area contributed by atoms with Crippen LogP contribution in [0.3, 0.4) is 0 Å². The van der Waals surface area contributed by atoms with Crippen LogP contribution in [0.5, 0.6) is 0 Å². The van der Waals surface area contributed by atoms with Crippen molar-refractivity contribution in [3.05, 3.63) is 85.9 Å². The van der Waals surface area contributed by atoms with Crippen molar-refractivity contribution in [2.24, 2.45) is 0 Å². The van der Waals surface area contributed by atoms with Crippen LogP contribution in [-0.4, -0.2) is 31.6 Å². The van der Waals surface area contributed by atoms with Crippen LogP contribution in [0.15, 0.2) is 52.2 Å². The van der Waals surface area contributed by atoms with E-state index in [9.17, 15) is 19.2 Å². The molecule has 10 nitrogen and oxygen atoms in total. The summed E-state index contributed by atoms with van der Waals surface area (Å²) in [6.07, 6.45) is 1.27. The Bertz CT molecular complexity index is 1210. The van der Waals surface area contributed by atoms with Crippen LogP contribution in [0.25, 0.3) is 0 Å². The van der Waals surface area contributed by atoms with Crippen LogP contribution in [0.1, 0.15) is 48.1 Å². The molecule has 0 aliphatic carbocycles. The minimum atomic E-state index is -0.636. The molecule has 2 heterocycles. The molecule has 4 N–H and O–H groups in total. The molecule has 0 unspecified atom stereocenters. The quantitative estimate of drug-likeness (QED) is 0.432. The predicted octanol–water partition coefficient (Wildman–Crippen LogP) is 0.804. The van der Waals surface area contributed by atoms with Crippen molar-refractivity contribution in [1.29, 1.82) is 0 Å². The van der Waals surface area contributed by atoms with Gasteiger partial charge in [0.2, 0.25) is 5.91 Å². The maximum Gasteiger partial charge on any atom is 0.328 e. The van der Waals surface area contributed by atoms with Gasteiger partial charge in [0.25, 0.3) is 11.5 Å². The second kappa shape index (κ2) is 9.46. The maximum atomic E-state index is 12.3. The fraction of sp³-hybridized carbons (Fsp3) is 0.318. The van der Waals surface area contributed by atoms with E-state index >= 15 is 0 Å². The van der Waals surface area contributed by atoms with E-state index in [0.717, 1.165) is 21.4 Å². The van der Waals surface area contributed by atoms with Crippen molar-refractivity contribution in [3.8, 4) is 0 Å². The van der Waals surface area contributed by atoms with Crippen molar-refractivity contribution < 1.29 is 9.59 Å². The zero-order chi connectivity index (χ0) is 23.3. The Morgan fingerprint density at radius 2 is 1.62 bits per heavy atom. The maximum absolute atomic E-state index is 12.3. The van der Waals surface area contributed by atoms with Crippen LogP contribution >= 0.6 is 0 Å². The molecule has 0 bridgehead atoms. The van der Waals surface area contributed by atoms with Crippen LogP contribution in [-0.2, 0) is 29.8 Å². The second-order valence-corrected chi connectivity index (χ2v) is 8.43. The highest BCUT2D eigenvalue weighted by Gasteiger charge is 2.19. The number of rotatable bonds is 7. The number of hydrogen-bond donors (Lipinski definition) is 4. The van der Waals surface area contributed by atoms with E-state index in [1.54, 1.807) is 6.07 Å². The summed E-state index contributed by atoms with van der Waals surface area (Å²) in [5, 5.41) is 12.5.